The van der Waals surface area contributed by atoms with Gasteiger partial charge in [-0.15, -0.1) is 0 Å². The highest BCUT2D eigenvalue weighted by molar-refractivity contribution is 6.05. The lowest BCUT2D eigenvalue weighted by molar-refractivity contribution is -0.129. The number of carbonyl (C=O) groups excluding carboxylic acids is 1. The third-order valence-corrected chi connectivity index (χ3v) is 5.54. The second-order valence-corrected chi connectivity index (χ2v) is 7.68. The number of amides is 1. The number of nitrogens with zero attached hydrogens (tertiary/aromatic N) is 1. The first-order valence-corrected chi connectivity index (χ1v) is 9.96. The zero-order valence-corrected chi connectivity index (χ0v) is 16.8. The average Bonchev–Trinajstić information content (AvgIpc) is 2.99. The summed E-state index contributed by atoms with van der Waals surface area (Å²) in [5.41, 5.74) is 6.06. The Hall–Kier alpha value is -3.33. The van der Waals surface area contributed by atoms with E-state index in [4.69, 9.17) is 0 Å². The zero-order valence-electron chi connectivity index (χ0n) is 16.8. The summed E-state index contributed by atoms with van der Waals surface area (Å²) in [5.74, 6) is -0.449. The van der Waals surface area contributed by atoms with Crippen LogP contribution in [0.15, 0.2) is 84.6 Å². The molecule has 3 nitrogen and oxygen atoms in total. The second-order valence-electron chi connectivity index (χ2n) is 7.68. The molecule has 3 heteroatoms. The highest BCUT2D eigenvalue weighted by Crippen LogP contribution is 2.43. The number of carbonyl (C=O) groups is 1. The number of aliphatic hydroxyl groups excluding tert-OH is 1. The predicted octanol–water partition coefficient (Wildman–Crippen LogP) is 5.40. The SMILES string of the molecule is Cc1ccc(C2=C(O)C(=O)N(CCc3ccccc3)[C@H]2c2ccc(C)cc2)cc1. The Balaban J connectivity index is 1.73. The predicted molar refractivity (Wildman–Crippen MR) is 117 cm³/mol. The number of aliphatic hydroxyl groups is 1. The van der Waals surface area contributed by atoms with Gasteiger partial charge in [0, 0.05) is 12.1 Å². The molecule has 0 unspecified atom stereocenters. The van der Waals surface area contributed by atoms with Crippen LogP contribution >= 0.6 is 0 Å². The molecule has 4 rings (SSSR count). The van der Waals surface area contributed by atoms with Crippen LogP contribution in [0, 0.1) is 13.8 Å². The number of aryl methyl sites for hydroxylation is 2. The lowest BCUT2D eigenvalue weighted by atomic mass is 9.92. The third-order valence-electron chi connectivity index (χ3n) is 5.54. The molecule has 146 valence electrons. The molecule has 0 saturated carbocycles. The smallest absolute Gasteiger partial charge is 0.289 e. The molecule has 1 amide bonds. The van der Waals surface area contributed by atoms with Crippen molar-refractivity contribution in [2.45, 2.75) is 26.3 Å². The Morgan fingerprint density at radius 1 is 0.828 bits per heavy atom. The summed E-state index contributed by atoms with van der Waals surface area (Å²) in [5, 5.41) is 10.8. The minimum Gasteiger partial charge on any atom is -0.503 e. The van der Waals surface area contributed by atoms with Gasteiger partial charge in [-0.2, -0.15) is 0 Å². The maximum Gasteiger partial charge on any atom is 0.289 e. The summed E-state index contributed by atoms with van der Waals surface area (Å²) in [6.07, 6.45) is 0.739. The highest BCUT2D eigenvalue weighted by Gasteiger charge is 2.40. The lowest BCUT2D eigenvalue weighted by Gasteiger charge is -2.27. The topological polar surface area (TPSA) is 40.5 Å². The van der Waals surface area contributed by atoms with E-state index in [9.17, 15) is 9.90 Å². The molecule has 29 heavy (non-hydrogen) atoms. The third kappa shape index (κ3) is 3.81. The zero-order chi connectivity index (χ0) is 20.4. The molecule has 0 aromatic heterocycles. The van der Waals surface area contributed by atoms with Crippen molar-refractivity contribution in [1.29, 1.82) is 0 Å². The molecule has 3 aromatic rings. The van der Waals surface area contributed by atoms with Crippen LogP contribution in [-0.4, -0.2) is 22.5 Å². The van der Waals surface area contributed by atoms with Gasteiger partial charge in [-0.05, 0) is 37.0 Å². The molecule has 1 atom stereocenters. The normalized spacial score (nSPS) is 16.6. The monoisotopic (exact) mass is 383 g/mol. The molecule has 0 radical (unpaired) electrons. The van der Waals surface area contributed by atoms with Gasteiger partial charge in [0.25, 0.3) is 5.91 Å². The van der Waals surface area contributed by atoms with Crippen LogP contribution in [0.1, 0.15) is 33.9 Å². The molecule has 0 saturated heterocycles. The van der Waals surface area contributed by atoms with Gasteiger partial charge in [-0.25, -0.2) is 0 Å². The van der Waals surface area contributed by atoms with Crippen molar-refractivity contribution in [3.05, 3.63) is 112 Å². The molecule has 0 bridgehead atoms. The Labute approximate surface area is 171 Å². The van der Waals surface area contributed by atoms with Gasteiger partial charge in [-0.1, -0.05) is 90.0 Å². The van der Waals surface area contributed by atoms with Gasteiger partial charge in [0.05, 0.1) is 6.04 Å². The largest absolute Gasteiger partial charge is 0.503 e. The average molecular weight is 383 g/mol. The first-order valence-electron chi connectivity index (χ1n) is 9.96. The number of rotatable bonds is 5. The molecule has 1 heterocycles. The summed E-state index contributed by atoms with van der Waals surface area (Å²) in [6.45, 7) is 4.62. The van der Waals surface area contributed by atoms with E-state index >= 15 is 0 Å². The highest BCUT2D eigenvalue weighted by atomic mass is 16.3. The van der Waals surface area contributed by atoms with Gasteiger partial charge in [0.1, 0.15) is 0 Å². The molecule has 0 fully saturated rings. The van der Waals surface area contributed by atoms with Gasteiger partial charge >= 0.3 is 0 Å². The van der Waals surface area contributed by atoms with E-state index in [1.54, 1.807) is 4.90 Å². The van der Waals surface area contributed by atoms with Crippen LogP contribution in [0.4, 0.5) is 0 Å². The van der Waals surface area contributed by atoms with E-state index < -0.39 is 0 Å². The molecule has 1 aliphatic heterocycles. The summed E-state index contributed by atoms with van der Waals surface area (Å²) >= 11 is 0. The van der Waals surface area contributed by atoms with Crippen molar-refractivity contribution in [3.8, 4) is 0 Å². The van der Waals surface area contributed by atoms with Gasteiger partial charge in [-0.3, -0.25) is 4.79 Å². The van der Waals surface area contributed by atoms with Crippen LogP contribution in [0.2, 0.25) is 0 Å². The number of hydrogen-bond acceptors (Lipinski definition) is 2. The summed E-state index contributed by atoms with van der Waals surface area (Å²) in [6, 6.07) is 26.0. The second kappa shape index (κ2) is 7.96. The molecule has 0 spiro atoms. The Kier molecular flexibility index (Phi) is 5.22. The molecular weight excluding hydrogens is 358 g/mol. The summed E-state index contributed by atoms with van der Waals surface area (Å²) in [7, 11) is 0. The summed E-state index contributed by atoms with van der Waals surface area (Å²) in [4.78, 5) is 14.8. The first kappa shape index (κ1) is 19.0. The minimum absolute atomic E-state index is 0.146. The maximum absolute atomic E-state index is 13.0. The van der Waals surface area contributed by atoms with Gasteiger partial charge in [0.2, 0.25) is 0 Å². The minimum atomic E-state index is -0.304. The van der Waals surface area contributed by atoms with Gasteiger partial charge in [0.15, 0.2) is 5.76 Å². The Bertz CT molecular complexity index is 1030. The van der Waals surface area contributed by atoms with E-state index in [0.29, 0.717) is 12.1 Å². The van der Waals surface area contributed by atoms with Crippen molar-refractivity contribution in [1.82, 2.24) is 4.90 Å². The lowest BCUT2D eigenvalue weighted by Crippen LogP contribution is -2.32. The van der Waals surface area contributed by atoms with Crippen LogP contribution in [0.25, 0.3) is 5.57 Å². The fourth-order valence-corrected chi connectivity index (χ4v) is 3.90. The molecule has 1 aliphatic rings. The van der Waals surface area contributed by atoms with Crippen molar-refractivity contribution >= 4 is 11.5 Å². The Morgan fingerprint density at radius 2 is 1.41 bits per heavy atom. The molecule has 3 aromatic carbocycles. The van der Waals surface area contributed by atoms with E-state index in [2.05, 4.69) is 36.4 Å². The van der Waals surface area contributed by atoms with Crippen LogP contribution in [0.3, 0.4) is 0 Å². The number of hydrogen-bond donors (Lipinski definition) is 1. The Morgan fingerprint density at radius 3 is 2.03 bits per heavy atom. The van der Waals surface area contributed by atoms with Crippen LogP contribution < -0.4 is 0 Å². The number of benzene rings is 3. The molecular formula is C26H25NO2. The maximum atomic E-state index is 13.0. The van der Waals surface area contributed by atoms with Crippen molar-refractivity contribution in [2.75, 3.05) is 6.54 Å². The molecule has 0 aliphatic carbocycles. The van der Waals surface area contributed by atoms with Crippen LogP contribution in [0.5, 0.6) is 0 Å². The van der Waals surface area contributed by atoms with Crippen molar-refractivity contribution < 1.29 is 9.90 Å². The fourth-order valence-electron chi connectivity index (χ4n) is 3.90. The van der Waals surface area contributed by atoms with E-state index in [-0.39, 0.29) is 17.7 Å². The van der Waals surface area contributed by atoms with E-state index in [1.165, 1.54) is 11.1 Å². The standard InChI is InChI=1S/C26H25NO2/c1-18-8-12-21(13-9-18)23-24(22-14-10-19(2)11-15-22)27(26(29)25(23)28)17-16-20-6-4-3-5-7-20/h3-15,24,28H,16-17H2,1-2H3/t24-/m0/s1. The summed E-state index contributed by atoms with van der Waals surface area (Å²) < 4.78 is 0. The van der Waals surface area contributed by atoms with Crippen molar-refractivity contribution in [3.63, 3.8) is 0 Å². The van der Waals surface area contributed by atoms with Gasteiger partial charge < -0.3 is 10.0 Å². The van der Waals surface area contributed by atoms with Crippen molar-refractivity contribution in [2.24, 2.45) is 0 Å². The first-order chi connectivity index (χ1) is 14.0. The molecule has 1 N–H and O–H groups in total. The fraction of sp³-hybridized carbons (Fsp3) is 0.192. The van der Waals surface area contributed by atoms with E-state index in [1.807, 2.05) is 56.3 Å². The van der Waals surface area contributed by atoms with E-state index in [0.717, 1.165) is 23.1 Å². The van der Waals surface area contributed by atoms with Crippen LogP contribution in [-0.2, 0) is 11.2 Å². The quantitative estimate of drug-likeness (QED) is 0.641.